The number of nitro groups is 1. The van der Waals surface area contributed by atoms with Crippen LogP contribution in [0.4, 0.5) is 5.69 Å². The van der Waals surface area contributed by atoms with E-state index in [4.69, 9.17) is 14.2 Å². The van der Waals surface area contributed by atoms with Gasteiger partial charge >= 0.3 is 0 Å². The molecule has 0 N–H and O–H groups in total. The highest BCUT2D eigenvalue weighted by molar-refractivity contribution is 6.03. The summed E-state index contributed by atoms with van der Waals surface area (Å²) in [6, 6.07) is 17.6. The van der Waals surface area contributed by atoms with E-state index in [1.54, 1.807) is 43.5 Å². The lowest BCUT2D eigenvalue weighted by Crippen LogP contribution is -2.31. The first-order valence-corrected chi connectivity index (χ1v) is 11.0. The Bertz CT molecular complexity index is 1300. The molecule has 3 aromatic carbocycles. The first-order chi connectivity index (χ1) is 17.4. The van der Waals surface area contributed by atoms with Crippen molar-refractivity contribution < 1.29 is 28.7 Å². The minimum absolute atomic E-state index is 0.0278. The van der Waals surface area contributed by atoms with E-state index in [9.17, 15) is 19.7 Å². The Balaban J connectivity index is 1.59. The van der Waals surface area contributed by atoms with Crippen molar-refractivity contribution in [1.29, 1.82) is 0 Å². The lowest BCUT2D eigenvalue weighted by Gasteiger charge is -2.22. The van der Waals surface area contributed by atoms with Crippen LogP contribution in [0.5, 0.6) is 17.2 Å². The molecule has 0 saturated heterocycles. The summed E-state index contributed by atoms with van der Waals surface area (Å²) in [7, 11) is 3.02. The number of nitro benzene ring substituents is 1. The molecular weight excluding hydrogens is 466 g/mol. The second-order valence-electron chi connectivity index (χ2n) is 7.90. The van der Waals surface area contributed by atoms with Crippen LogP contribution in [-0.2, 0) is 4.79 Å². The Hall–Kier alpha value is -4.73. The van der Waals surface area contributed by atoms with Crippen molar-refractivity contribution in [3.63, 3.8) is 0 Å². The van der Waals surface area contributed by atoms with Crippen molar-refractivity contribution in [3.8, 4) is 17.2 Å². The van der Waals surface area contributed by atoms with Crippen LogP contribution in [0.1, 0.15) is 33.9 Å². The average molecular weight is 489 g/mol. The lowest BCUT2D eigenvalue weighted by atomic mass is 9.98. The summed E-state index contributed by atoms with van der Waals surface area (Å²) in [6.45, 7) is -0.319. The average Bonchev–Trinajstić information content (AvgIpc) is 3.37. The summed E-state index contributed by atoms with van der Waals surface area (Å²) in [5.74, 6) is 0.932. The molecule has 0 spiro atoms. The normalized spacial score (nSPS) is 14.7. The maximum atomic E-state index is 13.3. The first kappa shape index (κ1) is 24.4. The van der Waals surface area contributed by atoms with Crippen molar-refractivity contribution >= 4 is 23.6 Å². The molecule has 36 heavy (non-hydrogen) atoms. The van der Waals surface area contributed by atoms with Gasteiger partial charge in [0.1, 0.15) is 12.0 Å². The molecule has 1 heterocycles. The van der Waals surface area contributed by atoms with E-state index < -0.39 is 16.9 Å². The van der Waals surface area contributed by atoms with E-state index in [0.29, 0.717) is 46.8 Å². The molecule has 10 nitrogen and oxygen atoms in total. The molecule has 0 bridgehead atoms. The first-order valence-electron chi connectivity index (χ1n) is 11.0. The highest BCUT2D eigenvalue weighted by atomic mass is 16.6. The van der Waals surface area contributed by atoms with Crippen molar-refractivity contribution in [3.05, 3.63) is 93.5 Å². The number of carbonyl (C=O) groups is 2. The highest BCUT2D eigenvalue weighted by Gasteiger charge is 2.33. The number of nitrogens with zero attached hydrogens (tertiary/aromatic N) is 3. The molecule has 1 unspecified atom stereocenters. The number of benzene rings is 3. The number of hydrogen-bond acceptors (Lipinski definition) is 8. The third kappa shape index (κ3) is 5.17. The number of non-ortho nitro benzene ring substituents is 1. The van der Waals surface area contributed by atoms with E-state index in [0.717, 1.165) is 5.56 Å². The zero-order chi connectivity index (χ0) is 25.7. The van der Waals surface area contributed by atoms with Crippen molar-refractivity contribution in [2.75, 3.05) is 20.8 Å². The largest absolute Gasteiger partial charge is 0.497 e. The van der Waals surface area contributed by atoms with Crippen LogP contribution < -0.4 is 14.2 Å². The number of hydrazone groups is 1. The van der Waals surface area contributed by atoms with Crippen LogP contribution >= 0.6 is 0 Å². The Kier molecular flexibility index (Phi) is 7.24. The predicted octanol–water partition coefficient (Wildman–Crippen LogP) is 4.18. The van der Waals surface area contributed by atoms with E-state index in [-0.39, 0.29) is 12.3 Å². The Labute approximate surface area is 206 Å². The molecule has 1 aliphatic heterocycles. The maximum absolute atomic E-state index is 13.3. The molecule has 1 amide bonds. The molecule has 3 aromatic rings. The van der Waals surface area contributed by atoms with Crippen LogP contribution in [0.15, 0.2) is 71.8 Å². The van der Waals surface area contributed by atoms with Gasteiger partial charge in [-0.1, -0.05) is 12.1 Å². The van der Waals surface area contributed by atoms with Gasteiger partial charge < -0.3 is 14.2 Å². The third-order valence-electron chi connectivity index (χ3n) is 5.75. The number of ether oxygens (including phenoxy) is 3. The van der Waals surface area contributed by atoms with Gasteiger partial charge in [0.25, 0.3) is 11.6 Å². The number of rotatable bonds is 9. The van der Waals surface area contributed by atoms with Gasteiger partial charge in [-0.2, -0.15) is 5.10 Å². The van der Waals surface area contributed by atoms with E-state index in [1.165, 1.54) is 30.3 Å². The quantitative estimate of drug-likeness (QED) is 0.251. The molecule has 0 aromatic heterocycles. The van der Waals surface area contributed by atoms with Gasteiger partial charge in [0.2, 0.25) is 0 Å². The lowest BCUT2D eigenvalue weighted by molar-refractivity contribution is -0.384. The molecule has 0 radical (unpaired) electrons. The highest BCUT2D eigenvalue weighted by Crippen LogP contribution is 2.34. The Morgan fingerprint density at radius 2 is 1.78 bits per heavy atom. The van der Waals surface area contributed by atoms with Crippen LogP contribution in [0.3, 0.4) is 0 Å². The minimum Gasteiger partial charge on any atom is -0.497 e. The summed E-state index contributed by atoms with van der Waals surface area (Å²) in [4.78, 5) is 34.8. The van der Waals surface area contributed by atoms with Gasteiger partial charge in [0, 0.05) is 24.1 Å². The zero-order valence-electron chi connectivity index (χ0n) is 19.6. The molecular formula is C26H23N3O7. The topological polar surface area (TPSA) is 121 Å². The second kappa shape index (κ2) is 10.7. The Morgan fingerprint density at radius 1 is 1.06 bits per heavy atom. The molecule has 184 valence electrons. The smallest absolute Gasteiger partial charge is 0.281 e. The molecule has 0 saturated carbocycles. The predicted molar refractivity (Wildman–Crippen MR) is 131 cm³/mol. The molecule has 1 atom stereocenters. The standard InChI is InChI=1S/C26H23N3O7/c1-34-21-10-6-19(7-11-21)23-14-22(18-4-8-20(9-5-18)29(32)33)27-28(23)26(31)16-36-24-12-3-17(15-30)13-25(24)35-2/h3-13,15,23H,14,16H2,1-2H3. The minimum atomic E-state index is -0.469. The van der Waals surface area contributed by atoms with Crippen LogP contribution in [0.2, 0.25) is 0 Å². The van der Waals surface area contributed by atoms with Gasteiger partial charge in [-0.15, -0.1) is 0 Å². The van der Waals surface area contributed by atoms with Crippen molar-refractivity contribution in [2.24, 2.45) is 5.10 Å². The summed E-state index contributed by atoms with van der Waals surface area (Å²) in [5.41, 5.74) is 2.54. The fourth-order valence-corrected chi connectivity index (χ4v) is 3.86. The number of hydrogen-bond donors (Lipinski definition) is 0. The monoisotopic (exact) mass is 489 g/mol. The van der Waals surface area contributed by atoms with E-state index >= 15 is 0 Å². The molecule has 1 aliphatic rings. The Morgan fingerprint density at radius 3 is 2.39 bits per heavy atom. The van der Waals surface area contributed by atoms with Crippen LogP contribution in [-0.4, -0.2) is 48.7 Å². The maximum Gasteiger partial charge on any atom is 0.281 e. The molecule has 0 fully saturated rings. The molecule has 0 aliphatic carbocycles. The third-order valence-corrected chi connectivity index (χ3v) is 5.75. The van der Waals surface area contributed by atoms with E-state index in [2.05, 4.69) is 5.10 Å². The van der Waals surface area contributed by atoms with Gasteiger partial charge in [-0.05, 0) is 53.6 Å². The second-order valence-corrected chi connectivity index (χ2v) is 7.90. The van der Waals surface area contributed by atoms with Gasteiger partial charge in [0.15, 0.2) is 18.1 Å². The number of methoxy groups -OCH3 is 2. The van der Waals surface area contributed by atoms with Crippen LogP contribution in [0, 0.1) is 10.1 Å². The fraction of sp³-hybridized carbons (Fsp3) is 0.192. The van der Waals surface area contributed by atoms with E-state index in [1.807, 2.05) is 12.1 Å². The van der Waals surface area contributed by atoms with Crippen molar-refractivity contribution in [2.45, 2.75) is 12.5 Å². The number of carbonyl (C=O) groups excluding carboxylic acids is 2. The number of aldehydes is 1. The molecule has 4 rings (SSSR count). The summed E-state index contributed by atoms with van der Waals surface area (Å²) >= 11 is 0. The van der Waals surface area contributed by atoms with Crippen LogP contribution in [0.25, 0.3) is 0 Å². The SMILES string of the molecule is COc1ccc(C2CC(c3ccc([N+](=O)[O-])cc3)=NN2C(=O)COc2ccc(C=O)cc2OC)cc1. The van der Waals surface area contributed by atoms with Gasteiger partial charge in [-0.25, -0.2) is 5.01 Å². The fourth-order valence-electron chi connectivity index (χ4n) is 3.86. The summed E-state index contributed by atoms with van der Waals surface area (Å²) < 4.78 is 16.2. The number of amides is 1. The zero-order valence-corrected chi connectivity index (χ0v) is 19.6. The van der Waals surface area contributed by atoms with Crippen molar-refractivity contribution in [1.82, 2.24) is 5.01 Å². The summed E-state index contributed by atoms with van der Waals surface area (Å²) in [5, 5.41) is 16.9. The van der Waals surface area contributed by atoms with Gasteiger partial charge in [-0.3, -0.25) is 19.7 Å². The summed E-state index contributed by atoms with van der Waals surface area (Å²) in [6.07, 6.45) is 1.10. The van der Waals surface area contributed by atoms with Gasteiger partial charge in [0.05, 0.1) is 30.9 Å². The molecule has 10 heteroatoms.